The van der Waals surface area contributed by atoms with Gasteiger partial charge in [0.1, 0.15) is 5.69 Å². The number of H-pyrrole nitrogens is 1. The number of carbonyl (C=O) groups excluding carboxylic acids is 1. The van der Waals surface area contributed by atoms with Crippen LogP contribution in [0.3, 0.4) is 0 Å². The summed E-state index contributed by atoms with van der Waals surface area (Å²) in [6, 6.07) is 7.76. The van der Waals surface area contributed by atoms with Crippen LogP contribution < -0.4 is 10.6 Å². The summed E-state index contributed by atoms with van der Waals surface area (Å²) in [5.41, 5.74) is 2.16. The van der Waals surface area contributed by atoms with Gasteiger partial charge < -0.3 is 20.4 Å². The van der Waals surface area contributed by atoms with E-state index in [0.717, 1.165) is 47.7 Å². The Labute approximate surface area is 143 Å². The van der Waals surface area contributed by atoms with Gasteiger partial charge in [0.15, 0.2) is 5.13 Å². The maximum atomic E-state index is 12.3. The van der Waals surface area contributed by atoms with Crippen molar-refractivity contribution in [2.75, 3.05) is 23.8 Å². The number of fused-ring (bicyclic) bond motifs is 1. The van der Waals surface area contributed by atoms with Crippen LogP contribution in [0, 0.1) is 0 Å². The molecule has 7 heteroatoms. The number of aromatic nitrogens is 2. The third-order valence-corrected chi connectivity index (χ3v) is 4.85. The minimum atomic E-state index is -0.206. The Balaban J connectivity index is 1.38. The van der Waals surface area contributed by atoms with Crippen molar-refractivity contribution in [2.24, 2.45) is 0 Å². The summed E-state index contributed by atoms with van der Waals surface area (Å²) in [4.78, 5) is 19.8. The minimum Gasteiger partial charge on any atom is -0.376 e. The molecular formula is C17H18N4O2S. The molecule has 0 radical (unpaired) electrons. The molecule has 1 fully saturated rings. The SMILES string of the molecule is O=C(Nc1ccc2cc[nH]c2c1)c1csc(NCC2CCCO2)n1. The van der Waals surface area contributed by atoms with Gasteiger partial charge in [0.2, 0.25) is 0 Å². The fraction of sp³-hybridized carbons (Fsp3) is 0.294. The van der Waals surface area contributed by atoms with Crippen molar-refractivity contribution in [1.82, 2.24) is 9.97 Å². The lowest BCUT2D eigenvalue weighted by Crippen LogP contribution is -2.18. The Bertz CT molecular complexity index is 851. The largest absolute Gasteiger partial charge is 0.376 e. The fourth-order valence-electron chi connectivity index (χ4n) is 2.79. The molecule has 3 heterocycles. The van der Waals surface area contributed by atoms with Crippen LogP contribution in [-0.4, -0.2) is 35.1 Å². The second kappa shape index (κ2) is 6.62. The normalized spacial score (nSPS) is 17.2. The van der Waals surface area contributed by atoms with E-state index in [0.29, 0.717) is 5.69 Å². The summed E-state index contributed by atoms with van der Waals surface area (Å²) in [5.74, 6) is -0.206. The molecule has 0 saturated carbocycles. The molecule has 6 nitrogen and oxygen atoms in total. The topological polar surface area (TPSA) is 79.0 Å². The van der Waals surface area contributed by atoms with E-state index in [4.69, 9.17) is 4.74 Å². The van der Waals surface area contributed by atoms with Gasteiger partial charge in [-0.2, -0.15) is 0 Å². The molecule has 3 N–H and O–H groups in total. The van der Waals surface area contributed by atoms with Gasteiger partial charge in [-0.25, -0.2) is 4.98 Å². The highest BCUT2D eigenvalue weighted by Gasteiger charge is 2.16. The van der Waals surface area contributed by atoms with Crippen LogP contribution >= 0.6 is 11.3 Å². The zero-order valence-electron chi connectivity index (χ0n) is 13.0. The average molecular weight is 342 g/mol. The minimum absolute atomic E-state index is 0.206. The molecule has 1 unspecified atom stereocenters. The monoisotopic (exact) mass is 342 g/mol. The molecule has 0 bridgehead atoms. The van der Waals surface area contributed by atoms with E-state index < -0.39 is 0 Å². The van der Waals surface area contributed by atoms with E-state index in [1.807, 2.05) is 30.5 Å². The molecule has 24 heavy (non-hydrogen) atoms. The molecule has 0 spiro atoms. The Morgan fingerprint density at radius 3 is 3.25 bits per heavy atom. The van der Waals surface area contributed by atoms with Crippen molar-refractivity contribution in [3.8, 4) is 0 Å². The molecule has 4 rings (SSSR count). The lowest BCUT2D eigenvalue weighted by Gasteiger charge is -2.09. The second-order valence-electron chi connectivity index (χ2n) is 5.79. The first-order chi connectivity index (χ1) is 11.8. The van der Waals surface area contributed by atoms with Crippen LogP contribution in [0.2, 0.25) is 0 Å². The van der Waals surface area contributed by atoms with E-state index in [-0.39, 0.29) is 12.0 Å². The van der Waals surface area contributed by atoms with Crippen molar-refractivity contribution in [1.29, 1.82) is 0 Å². The molecule has 3 aromatic rings. The number of rotatable bonds is 5. The quantitative estimate of drug-likeness (QED) is 0.663. The van der Waals surface area contributed by atoms with Crippen LogP contribution in [0.5, 0.6) is 0 Å². The summed E-state index contributed by atoms with van der Waals surface area (Å²) in [6.45, 7) is 1.57. The van der Waals surface area contributed by atoms with Gasteiger partial charge >= 0.3 is 0 Å². The zero-order valence-corrected chi connectivity index (χ0v) is 13.9. The number of nitrogens with zero attached hydrogens (tertiary/aromatic N) is 1. The van der Waals surface area contributed by atoms with E-state index in [2.05, 4.69) is 20.6 Å². The van der Waals surface area contributed by atoms with E-state index in [9.17, 15) is 4.79 Å². The highest BCUT2D eigenvalue weighted by atomic mass is 32.1. The zero-order chi connectivity index (χ0) is 16.4. The summed E-state index contributed by atoms with van der Waals surface area (Å²) in [7, 11) is 0. The Hall–Kier alpha value is -2.38. The molecular weight excluding hydrogens is 324 g/mol. The van der Waals surface area contributed by atoms with Gasteiger partial charge in [0.25, 0.3) is 5.91 Å². The number of thiazole rings is 1. The van der Waals surface area contributed by atoms with E-state index in [1.54, 1.807) is 5.38 Å². The average Bonchev–Trinajstić information content (AvgIpc) is 3.33. The number of nitrogens with one attached hydrogen (secondary N) is 3. The third-order valence-electron chi connectivity index (χ3n) is 4.05. The Kier molecular flexibility index (Phi) is 4.18. The van der Waals surface area contributed by atoms with Crippen molar-refractivity contribution < 1.29 is 9.53 Å². The summed E-state index contributed by atoms with van der Waals surface area (Å²) in [6.07, 6.45) is 4.32. The third kappa shape index (κ3) is 3.27. The molecule has 1 aliphatic heterocycles. The van der Waals surface area contributed by atoms with Crippen LogP contribution in [0.25, 0.3) is 10.9 Å². The molecule has 1 aliphatic rings. The van der Waals surface area contributed by atoms with Gasteiger partial charge in [0.05, 0.1) is 6.10 Å². The highest BCUT2D eigenvalue weighted by molar-refractivity contribution is 7.13. The molecule has 1 saturated heterocycles. The maximum absolute atomic E-state index is 12.3. The van der Waals surface area contributed by atoms with Crippen molar-refractivity contribution in [3.63, 3.8) is 0 Å². The van der Waals surface area contributed by atoms with Crippen molar-refractivity contribution in [3.05, 3.63) is 41.5 Å². The lowest BCUT2D eigenvalue weighted by molar-refractivity contribution is 0.102. The second-order valence-corrected chi connectivity index (χ2v) is 6.65. The van der Waals surface area contributed by atoms with Crippen LogP contribution in [0.15, 0.2) is 35.8 Å². The van der Waals surface area contributed by atoms with Gasteiger partial charge in [0, 0.05) is 35.9 Å². The van der Waals surface area contributed by atoms with Gasteiger partial charge in [-0.05, 0) is 36.4 Å². The van der Waals surface area contributed by atoms with Gasteiger partial charge in [-0.1, -0.05) is 6.07 Å². The van der Waals surface area contributed by atoms with Crippen LogP contribution in [0.1, 0.15) is 23.3 Å². The first-order valence-electron chi connectivity index (χ1n) is 7.97. The molecule has 1 atom stereocenters. The van der Waals surface area contributed by atoms with Gasteiger partial charge in [-0.3, -0.25) is 4.79 Å². The first-order valence-corrected chi connectivity index (χ1v) is 8.85. The highest BCUT2D eigenvalue weighted by Crippen LogP contribution is 2.21. The number of anilines is 2. The first kappa shape index (κ1) is 15.2. The smallest absolute Gasteiger partial charge is 0.275 e. The predicted octanol–water partition coefficient (Wildman–Crippen LogP) is 3.47. The van der Waals surface area contributed by atoms with Crippen molar-refractivity contribution in [2.45, 2.75) is 18.9 Å². The molecule has 1 amide bonds. The van der Waals surface area contributed by atoms with Crippen molar-refractivity contribution >= 4 is 39.0 Å². The summed E-state index contributed by atoms with van der Waals surface area (Å²) < 4.78 is 5.57. The number of hydrogen-bond donors (Lipinski definition) is 3. The number of carbonyl (C=O) groups is 1. The number of hydrogen-bond acceptors (Lipinski definition) is 5. The van der Waals surface area contributed by atoms with E-state index >= 15 is 0 Å². The number of aromatic amines is 1. The number of amides is 1. The molecule has 1 aromatic carbocycles. The fourth-order valence-corrected chi connectivity index (χ4v) is 3.49. The predicted molar refractivity (Wildman–Crippen MR) is 95.8 cm³/mol. The van der Waals surface area contributed by atoms with Crippen LogP contribution in [0.4, 0.5) is 10.8 Å². The standard InChI is InChI=1S/C17H18N4O2S/c22-16(20-12-4-3-11-5-6-18-14(11)8-12)15-10-24-17(21-15)19-9-13-2-1-7-23-13/h3-6,8,10,13,18H,1-2,7,9H2,(H,19,21)(H,20,22). The number of benzene rings is 1. The molecule has 0 aliphatic carbocycles. The summed E-state index contributed by atoms with van der Waals surface area (Å²) >= 11 is 1.43. The maximum Gasteiger partial charge on any atom is 0.275 e. The molecule has 2 aromatic heterocycles. The Morgan fingerprint density at radius 1 is 1.42 bits per heavy atom. The number of ether oxygens (including phenoxy) is 1. The van der Waals surface area contributed by atoms with Gasteiger partial charge in [-0.15, -0.1) is 11.3 Å². The lowest BCUT2D eigenvalue weighted by atomic mass is 10.2. The molecule has 124 valence electrons. The van der Waals surface area contributed by atoms with Crippen LogP contribution in [-0.2, 0) is 4.74 Å². The summed E-state index contributed by atoms with van der Waals surface area (Å²) in [5, 5.41) is 9.75. The Morgan fingerprint density at radius 2 is 2.38 bits per heavy atom. The van der Waals surface area contributed by atoms with E-state index in [1.165, 1.54) is 11.3 Å².